The largest absolute Gasteiger partial charge is 0.497 e. The maximum absolute atomic E-state index is 12.6. The van der Waals surface area contributed by atoms with Crippen LogP contribution in [0.5, 0.6) is 5.75 Å². The number of anilines is 1. The van der Waals surface area contributed by atoms with Gasteiger partial charge in [-0.2, -0.15) is 10.1 Å². The van der Waals surface area contributed by atoms with E-state index < -0.39 is 11.7 Å². The van der Waals surface area contributed by atoms with Gasteiger partial charge in [0.2, 0.25) is 5.91 Å². The highest BCUT2D eigenvalue weighted by atomic mass is 35.5. The Morgan fingerprint density at radius 1 is 1.21 bits per heavy atom. The number of halogens is 1. The van der Waals surface area contributed by atoms with Gasteiger partial charge in [-0.05, 0) is 55.8 Å². The maximum atomic E-state index is 12.6. The van der Waals surface area contributed by atoms with E-state index in [1.54, 1.807) is 63.4 Å². The Labute approximate surface area is 166 Å². The zero-order chi connectivity index (χ0) is 20.3. The third-order valence-corrected chi connectivity index (χ3v) is 4.78. The summed E-state index contributed by atoms with van der Waals surface area (Å²) in [7, 11) is 1.58. The van der Waals surface area contributed by atoms with Gasteiger partial charge in [0.05, 0.1) is 19.0 Å². The van der Waals surface area contributed by atoms with Crippen molar-refractivity contribution >= 4 is 23.2 Å². The van der Waals surface area contributed by atoms with E-state index >= 15 is 0 Å². The first-order valence-electron chi connectivity index (χ1n) is 8.57. The van der Waals surface area contributed by atoms with E-state index in [0.29, 0.717) is 22.2 Å². The molecule has 0 spiro atoms. The second-order valence-electron chi connectivity index (χ2n) is 6.17. The lowest BCUT2D eigenvalue weighted by Crippen LogP contribution is -2.35. The molecule has 1 heterocycles. The molecule has 0 saturated heterocycles. The van der Waals surface area contributed by atoms with Gasteiger partial charge in [-0.15, -0.1) is 0 Å². The summed E-state index contributed by atoms with van der Waals surface area (Å²) in [6.07, 6.45) is 1.46. The second-order valence-corrected chi connectivity index (χ2v) is 6.58. The van der Waals surface area contributed by atoms with Crippen LogP contribution >= 0.6 is 11.6 Å². The first-order chi connectivity index (χ1) is 13.4. The van der Waals surface area contributed by atoms with Gasteiger partial charge in [0, 0.05) is 16.3 Å². The average molecular weight is 399 g/mol. The monoisotopic (exact) mass is 398 g/mol. The van der Waals surface area contributed by atoms with Crippen molar-refractivity contribution in [1.29, 1.82) is 0 Å². The summed E-state index contributed by atoms with van der Waals surface area (Å²) in [6.45, 7) is 3.39. The molecular formula is C20H19ClN4O3. The standard InChI is InChI=1S/C20H19ClN4O3/c1-12-16(21)5-4-6-17(12)23-19(26)13(2)25-20(27)24-18(11-22-25)14-7-9-15(28-3)10-8-14/h4-11,13H,1-3H3,(H,23,26)/t13-/m0/s1. The lowest BCUT2D eigenvalue weighted by atomic mass is 10.1. The number of ether oxygens (including phenoxy) is 1. The summed E-state index contributed by atoms with van der Waals surface area (Å²) in [5.74, 6) is 0.311. The van der Waals surface area contributed by atoms with Crippen molar-refractivity contribution in [2.75, 3.05) is 12.4 Å². The number of hydrogen-bond acceptors (Lipinski definition) is 5. The molecule has 0 aliphatic carbocycles. The molecular weight excluding hydrogens is 380 g/mol. The first kappa shape index (κ1) is 19.6. The smallest absolute Gasteiger partial charge is 0.365 e. The molecule has 2 aromatic carbocycles. The second kappa shape index (κ2) is 8.22. The van der Waals surface area contributed by atoms with Gasteiger partial charge in [-0.25, -0.2) is 9.48 Å². The molecule has 0 aliphatic rings. The van der Waals surface area contributed by atoms with Crippen LogP contribution in [0, 0.1) is 6.92 Å². The predicted molar refractivity (Wildman–Crippen MR) is 108 cm³/mol. The molecule has 0 aliphatic heterocycles. The Hall–Kier alpha value is -3.19. The number of aromatic nitrogens is 3. The van der Waals surface area contributed by atoms with Gasteiger partial charge in [-0.1, -0.05) is 17.7 Å². The molecule has 8 heteroatoms. The number of nitrogens with zero attached hydrogens (tertiary/aromatic N) is 3. The number of methoxy groups -OCH3 is 1. The zero-order valence-electron chi connectivity index (χ0n) is 15.6. The van der Waals surface area contributed by atoms with E-state index in [9.17, 15) is 9.59 Å². The van der Waals surface area contributed by atoms with Crippen molar-refractivity contribution in [3.8, 4) is 17.0 Å². The van der Waals surface area contributed by atoms with E-state index in [0.717, 1.165) is 15.8 Å². The van der Waals surface area contributed by atoms with Crippen molar-refractivity contribution in [1.82, 2.24) is 14.8 Å². The van der Waals surface area contributed by atoms with E-state index in [1.807, 2.05) is 0 Å². The van der Waals surface area contributed by atoms with Crippen LogP contribution in [-0.2, 0) is 4.79 Å². The predicted octanol–water partition coefficient (Wildman–Crippen LogP) is 3.48. The highest BCUT2D eigenvalue weighted by Crippen LogP contribution is 2.24. The molecule has 7 nitrogen and oxygen atoms in total. The minimum atomic E-state index is -0.844. The fourth-order valence-electron chi connectivity index (χ4n) is 2.61. The number of carbonyl (C=O) groups excluding carboxylic acids is 1. The molecule has 1 N–H and O–H groups in total. The van der Waals surface area contributed by atoms with Crippen molar-refractivity contribution in [3.05, 3.63) is 69.7 Å². The topological polar surface area (TPSA) is 86.1 Å². The van der Waals surface area contributed by atoms with E-state index in [1.165, 1.54) is 6.20 Å². The maximum Gasteiger partial charge on any atom is 0.365 e. The zero-order valence-corrected chi connectivity index (χ0v) is 16.4. The molecule has 28 heavy (non-hydrogen) atoms. The lowest BCUT2D eigenvalue weighted by Gasteiger charge is -2.15. The number of hydrogen-bond donors (Lipinski definition) is 1. The Bertz CT molecular complexity index is 1060. The van der Waals surface area contributed by atoms with Crippen molar-refractivity contribution < 1.29 is 9.53 Å². The molecule has 0 radical (unpaired) electrons. The summed E-state index contributed by atoms with van der Waals surface area (Å²) < 4.78 is 6.16. The minimum absolute atomic E-state index is 0.390. The van der Waals surface area contributed by atoms with E-state index in [4.69, 9.17) is 16.3 Å². The molecule has 144 valence electrons. The number of carbonyl (C=O) groups is 1. The summed E-state index contributed by atoms with van der Waals surface area (Å²) in [6, 6.07) is 11.5. The van der Waals surface area contributed by atoms with Crippen molar-refractivity contribution in [2.24, 2.45) is 0 Å². The van der Waals surface area contributed by atoms with Crippen LogP contribution < -0.4 is 15.7 Å². The quantitative estimate of drug-likeness (QED) is 0.711. The summed E-state index contributed by atoms with van der Waals surface area (Å²) in [5, 5.41) is 7.44. The van der Waals surface area contributed by atoms with Crippen molar-refractivity contribution in [2.45, 2.75) is 19.9 Å². The Morgan fingerprint density at radius 3 is 2.57 bits per heavy atom. The normalized spacial score (nSPS) is 11.7. The van der Waals surface area contributed by atoms with Crippen molar-refractivity contribution in [3.63, 3.8) is 0 Å². The molecule has 0 saturated carbocycles. The molecule has 0 unspecified atom stereocenters. The number of benzene rings is 2. The van der Waals surface area contributed by atoms with E-state index in [2.05, 4.69) is 15.4 Å². The van der Waals surface area contributed by atoms with Gasteiger partial charge in [0.15, 0.2) is 0 Å². The van der Waals surface area contributed by atoms with Gasteiger partial charge in [0.25, 0.3) is 0 Å². The Kier molecular flexibility index (Phi) is 5.75. The Balaban J connectivity index is 1.81. The number of rotatable bonds is 5. The minimum Gasteiger partial charge on any atom is -0.497 e. The van der Waals surface area contributed by atoms with Crippen LogP contribution in [0.1, 0.15) is 18.5 Å². The third kappa shape index (κ3) is 4.04. The molecule has 0 fully saturated rings. The van der Waals surface area contributed by atoms with Gasteiger partial charge in [0.1, 0.15) is 11.8 Å². The van der Waals surface area contributed by atoms with Crippen LogP contribution in [0.3, 0.4) is 0 Å². The van der Waals surface area contributed by atoms with Crippen LogP contribution in [0.15, 0.2) is 53.5 Å². The first-order valence-corrected chi connectivity index (χ1v) is 8.94. The fraction of sp³-hybridized carbons (Fsp3) is 0.200. The van der Waals surface area contributed by atoms with Crippen LogP contribution in [0.4, 0.5) is 5.69 Å². The van der Waals surface area contributed by atoms with Gasteiger partial charge in [-0.3, -0.25) is 4.79 Å². The summed E-state index contributed by atoms with van der Waals surface area (Å²) in [5.41, 5.74) is 1.86. The molecule has 1 amide bonds. The summed E-state index contributed by atoms with van der Waals surface area (Å²) in [4.78, 5) is 29.0. The number of amides is 1. The molecule has 3 aromatic rings. The third-order valence-electron chi connectivity index (χ3n) is 4.37. The van der Waals surface area contributed by atoms with Crippen LogP contribution in [0.25, 0.3) is 11.3 Å². The van der Waals surface area contributed by atoms with E-state index in [-0.39, 0.29) is 5.91 Å². The van der Waals surface area contributed by atoms with Gasteiger partial charge >= 0.3 is 5.69 Å². The molecule has 1 atom stereocenters. The number of nitrogens with one attached hydrogen (secondary N) is 1. The Morgan fingerprint density at radius 2 is 1.93 bits per heavy atom. The highest BCUT2D eigenvalue weighted by Gasteiger charge is 2.19. The highest BCUT2D eigenvalue weighted by molar-refractivity contribution is 6.31. The molecule has 0 bridgehead atoms. The molecule has 3 rings (SSSR count). The lowest BCUT2D eigenvalue weighted by molar-refractivity contribution is -0.119. The van der Waals surface area contributed by atoms with Crippen LogP contribution in [0.2, 0.25) is 5.02 Å². The fourth-order valence-corrected chi connectivity index (χ4v) is 2.78. The van der Waals surface area contributed by atoms with Crippen LogP contribution in [-0.4, -0.2) is 27.8 Å². The van der Waals surface area contributed by atoms with Gasteiger partial charge < -0.3 is 10.1 Å². The molecule has 1 aromatic heterocycles. The summed E-state index contributed by atoms with van der Waals surface area (Å²) >= 11 is 6.08. The average Bonchev–Trinajstić information content (AvgIpc) is 2.71. The SMILES string of the molecule is COc1ccc(-c2cnn([C@@H](C)C(=O)Nc3cccc(Cl)c3C)c(=O)n2)cc1.